The van der Waals surface area contributed by atoms with Crippen LogP contribution in [0.2, 0.25) is 0 Å². The molecule has 1 heterocycles. The Hall–Kier alpha value is -1.66. The highest BCUT2D eigenvalue weighted by Crippen LogP contribution is 2.35. The van der Waals surface area contributed by atoms with Crippen molar-refractivity contribution in [3.8, 4) is 5.75 Å². The fourth-order valence-corrected chi connectivity index (χ4v) is 1.77. The smallest absolute Gasteiger partial charge is 0.481 e. The molecular weight excluding hydrogens is 388 g/mol. The van der Waals surface area contributed by atoms with Crippen LogP contribution in [0.3, 0.4) is 0 Å². The summed E-state index contributed by atoms with van der Waals surface area (Å²) in [5, 5.41) is 19.3. The first-order valence-electron chi connectivity index (χ1n) is 4.41. The van der Waals surface area contributed by atoms with Gasteiger partial charge in [0.2, 0.25) is 5.75 Å². The molecule has 1 N–H and O–H groups in total. The number of rotatable bonds is 4. The first-order chi connectivity index (χ1) is 8.60. The minimum absolute atomic E-state index is 0.0568. The third kappa shape index (κ3) is 4.50. The van der Waals surface area contributed by atoms with E-state index in [2.05, 4.69) is 9.72 Å². The van der Waals surface area contributed by atoms with Crippen LogP contribution >= 0.6 is 22.6 Å². The Morgan fingerprint density at radius 3 is 2.58 bits per heavy atom. The zero-order valence-electron chi connectivity index (χ0n) is 8.77. The number of aromatic nitrogens is 1. The molecule has 0 amide bonds. The van der Waals surface area contributed by atoms with Gasteiger partial charge in [0.25, 0.3) is 0 Å². The van der Waals surface area contributed by atoms with Crippen molar-refractivity contribution in [1.82, 2.24) is 4.98 Å². The summed E-state index contributed by atoms with van der Waals surface area (Å²) in [7, 11) is 0. The molecule has 0 saturated carbocycles. The van der Waals surface area contributed by atoms with Crippen molar-refractivity contribution in [2.24, 2.45) is 0 Å². The molecule has 11 heteroatoms. The fraction of sp³-hybridized carbons (Fsp3) is 0.250. The maximum atomic E-state index is 12.1. The lowest BCUT2D eigenvalue weighted by Gasteiger charge is -2.10. The quantitative estimate of drug-likeness (QED) is 0.365. The molecule has 0 saturated heterocycles. The van der Waals surface area contributed by atoms with Crippen molar-refractivity contribution in [3.63, 3.8) is 0 Å². The van der Waals surface area contributed by atoms with E-state index >= 15 is 0 Å². The monoisotopic (exact) mass is 392 g/mol. The number of hydrogen-bond donors (Lipinski definition) is 1. The van der Waals surface area contributed by atoms with Crippen LogP contribution in [0.4, 0.5) is 18.9 Å². The van der Waals surface area contributed by atoms with Gasteiger partial charge in [-0.2, -0.15) is 0 Å². The molecule has 1 aromatic heterocycles. The number of halogens is 4. The number of carboxylic acids is 1. The summed E-state index contributed by atoms with van der Waals surface area (Å²) in [4.78, 5) is 23.6. The number of carboxylic acid groups (broad SMARTS) is 1. The van der Waals surface area contributed by atoms with E-state index < -0.39 is 40.8 Å². The van der Waals surface area contributed by atoms with Gasteiger partial charge in [0.1, 0.15) is 9.39 Å². The number of pyridine rings is 1. The van der Waals surface area contributed by atoms with Crippen LogP contribution in [0.1, 0.15) is 5.69 Å². The van der Waals surface area contributed by atoms with Gasteiger partial charge in [0, 0.05) is 6.07 Å². The van der Waals surface area contributed by atoms with Crippen LogP contribution in [0.15, 0.2) is 6.07 Å². The maximum Gasteiger partial charge on any atom is 0.573 e. The summed E-state index contributed by atoms with van der Waals surface area (Å²) in [5.74, 6) is -2.55. The number of aliphatic carboxylic acids is 1. The van der Waals surface area contributed by atoms with Gasteiger partial charge in [-0.3, -0.25) is 14.9 Å². The standard InChI is InChI=1S/C8H4F3IN2O5/c9-8(10,11)19-4-2-5(12)13-3(1-6(15)16)7(4)14(17)18/h2H,1H2,(H,15,16). The molecule has 0 bridgehead atoms. The highest BCUT2D eigenvalue weighted by Gasteiger charge is 2.36. The van der Waals surface area contributed by atoms with E-state index in [0.717, 1.165) is 0 Å². The van der Waals surface area contributed by atoms with Crippen LogP contribution in [0.5, 0.6) is 5.75 Å². The van der Waals surface area contributed by atoms with Gasteiger partial charge in [-0.05, 0) is 22.6 Å². The van der Waals surface area contributed by atoms with E-state index in [0.29, 0.717) is 6.07 Å². The van der Waals surface area contributed by atoms with E-state index in [-0.39, 0.29) is 3.70 Å². The minimum Gasteiger partial charge on any atom is -0.481 e. The molecule has 0 unspecified atom stereocenters. The van der Waals surface area contributed by atoms with Crippen molar-refractivity contribution in [1.29, 1.82) is 0 Å². The van der Waals surface area contributed by atoms with Crippen molar-refractivity contribution < 1.29 is 32.7 Å². The first kappa shape index (κ1) is 15.4. The first-order valence-corrected chi connectivity index (χ1v) is 5.49. The van der Waals surface area contributed by atoms with E-state index in [1.54, 1.807) is 0 Å². The van der Waals surface area contributed by atoms with Gasteiger partial charge >= 0.3 is 18.0 Å². The summed E-state index contributed by atoms with van der Waals surface area (Å²) in [6.45, 7) is 0. The van der Waals surface area contributed by atoms with Crippen LogP contribution in [-0.4, -0.2) is 27.3 Å². The molecule has 0 fully saturated rings. The third-order valence-corrected chi connectivity index (χ3v) is 2.28. The summed E-state index contributed by atoms with van der Waals surface area (Å²) in [5.41, 5.74) is -1.72. The number of ether oxygens (including phenoxy) is 1. The lowest BCUT2D eigenvalue weighted by Crippen LogP contribution is -2.19. The second-order valence-corrected chi connectivity index (χ2v) is 4.22. The molecule has 1 rings (SSSR count). The second-order valence-electron chi connectivity index (χ2n) is 3.11. The Morgan fingerprint density at radius 2 is 2.16 bits per heavy atom. The molecule has 1 aromatic rings. The van der Waals surface area contributed by atoms with Gasteiger partial charge in [-0.25, -0.2) is 4.98 Å². The zero-order valence-corrected chi connectivity index (χ0v) is 10.9. The molecule has 7 nitrogen and oxygen atoms in total. The van der Waals surface area contributed by atoms with Crippen LogP contribution in [0, 0.1) is 13.8 Å². The lowest BCUT2D eigenvalue weighted by molar-refractivity contribution is -0.389. The number of nitro groups is 1. The predicted molar refractivity (Wildman–Crippen MR) is 61.6 cm³/mol. The molecule has 0 radical (unpaired) electrons. The summed E-state index contributed by atoms with van der Waals surface area (Å²) < 4.78 is 39.8. The average molecular weight is 392 g/mol. The van der Waals surface area contributed by atoms with Crippen molar-refractivity contribution in [2.45, 2.75) is 12.8 Å². The maximum absolute atomic E-state index is 12.1. The normalized spacial score (nSPS) is 11.2. The molecule has 0 atom stereocenters. The molecule has 0 aliphatic rings. The highest BCUT2D eigenvalue weighted by atomic mass is 127. The lowest BCUT2D eigenvalue weighted by atomic mass is 10.2. The van der Waals surface area contributed by atoms with Crippen molar-refractivity contribution in [3.05, 3.63) is 25.6 Å². The Labute approximate surface area is 116 Å². The number of alkyl halides is 3. The number of nitrogens with zero attached hydrogens (tertiary/aromatic N) is 2. The van der Waals surface area contributed by atoms with Crippen LogP contribution in [0.25, 0.3) is 0 Å². The Kier molecular flexibility index (Phi) is 4.49. The largest absolute Gasteiger partial charge is 0.573 e. The molecule has 0 aliphatic carbocycles. The van der Waals surface area contributed by atoms with Gasteiger partial charge in [0.05, 0.1) is 11.3 Å². The van der Waals surface area contributed by atoms with Gasteiger partial charge in [-0.15, -0.1) is 13.2 Å². The topological polar surface area (TPSA) is 103 Å². The predicted octanol–water partition coefficient (Wildman–Crippen LogP) is 2.12. The molecule has 0 aromatic carbocycles. The molecular formula is C8H4F3IN2O5. The second kappa shape index (κ2) is 5.54. The number of hydrogen-bond acceptors (Lipinski definition) is 5. The van der Waals surface area contributed by atoms with Crippen LogP contribution < -0.4 is 4.74 Å². The zero-order chi connectivity index (χ0) is 14.8. The molecule has 19 heavy (non-hydrogen) atoms. The van der Waals surface area contributed by atoms with Crippen molar-refractivity contribution in [2.75, 3.05) is 0 Å². The van der Waals surface area contributed by atoms with Gasteiger partial charge in [-0.1, -0.05) is 0 Å². The third-order valence-electron chi connectivity index (χ3n) is 1.73. The van der Waals surface area contributed by atoms with Crippen molar-refractivity contribution >= 4 is 34.2 Å². The van der Waals surface area contributed by atoms with E-state index in [1.807, 2.05) is 0 Å². The molecule has 0 aliphatic heterocycles. The highest BCUT2D eigenvalue weighted by molar-refractivity contribution is 14.1. The van der Waals surface area contributed by atoms with Crippen LogP contribution in [-0.2, 0) is 11.2 Å². The van der Waals surface area contributed by atoms with Gasteiger partial charge in [0.15, 0.2) is 0 Å². The Bertz CT molecular complexity index is 534. The minimum atomic E-state index is -5.13. The summed E-state index contributed by atoms with van der Waals surface area (Å²) in [6.07, 6.45) is -6.02. The van der Waals surface area contributed by atoms with E-state index in [9.17, 15) is 28.1 Å². The summed E-state index contributed by atoms with van der Waals surface area (Å²) in [6, 6.07) is 0.706. The van der Waals surface area contributed by atoms with Gasteiger partial charge < -0.3 is 9.84 Å². The van der Waals surface area contributed by atoms with E-state index in [4.69, 9.17) is 5.11 Å². The Morgan fingerprint density at radius 1 is 1.58 bits per heavy atom. The molecule has 104 valence electrons. The summed E-state index contributed by atoms with van der Waals surface area (Å²) >= 11 is 1.50. The average Bonchev–Trinajstić information content (AvgIpc) is 2.10. The fourth-order valence-electron chi connectivity index (χ4n) is 1.20. The van der Waals surface area contributed by atoms with E-state index in [1.165, 1.54) is 22.6 Å². The number of carbonyl (C=O) groups is 1. The molecule has 0 spiro atoms. The Balaban J connectivity index is 3.39. The SMILES string of the molecule is O=C(O)Cc1nc(I)cc(OC(F)(F)F)c1[N+](=O)[O-].